The molecule has 0 spiro atoms. The van der Waals surface area contributed by atoms with Crippen molar-refractivity contribution in [1.29, 1.82) is 0 Å². The lowest BCUT2D eigenvalue weighted by Gasteiger charge is -2.38. The molecule has 1 aliphatic rings. The summed E-state index contributed by atoms with van der Waals surface area (Å²) in [7, 11) is -2.98. The zero-order chi connectivity index (χ0) is 13.8. The van der Waals surface area contributed by atoms with Gasteiger partial charge >= 0.3 is 0 Å². The van der Waals surface area contributed by atoms with Crippen molar-refractivity contribution in [3.8, 4) is 0 Å². The van der Waals surface area contributed by atoms with E-state index in [4.69, 9.17) is 5.73 Å². The van der Waals surface area contributed by atoms with E-state index in [2.05, 4.69) is 0 Å². The number of hydrogen-bond acceptors (Lipinski definition) is 4. The van der Waals surface area contributed by atoms with Gasteiger partial charge in [-0.25, -0.2) is 8.42 Å². The summed E-state index contributed by atoms with van der Waals surface area (Å²) in [5, 5.41) is 0. The Bertz CT molecular complexity index is 379. The van der Waals surface area contributed by atoms with Crippen LogP contribution in [0.15, 0.2) is 0 Å². The number of nitrogens with two attached hydrogens (primary N) is 1. The molecular formula is C12H24N2O3S. The fourth-order valence-electron chi connectivity index (χ4n) is 2.44. The number of carbonyl (C=O) groups is 1. The molecule has 1 saturated heterocycles. The molecule has 0 saturated carbocycles. The van der Waals surface area contributed by atoms with Crippen molar-refractivity contribution >= 4 is 15.7 Å². The Morgan fingerprint density at radius 1 is 1.44 bits per heavy atom. The maximum atomic E-state index is 12.1. The number of sulfone groups is 1. The van der Waals surface area contributed by atoms with Gasteiger partial charge in [0, 0.05) is 31.3 Å². The van der Waals surface area contributed by atoms with Crippen LogP contribution in [0.1, 0.15) is 39.0 Å². The van der Waals surface area contributed by atoms with E-state index in [9.17, 15) is 13.2 Å². The quantitative estimate of drug-likeness (QED) is 0.794. The third-order valence-electron chi connectivity index (χ3n) is 3.38. The molecule has 6 heteroatoms. The molecule has 2 unspecified atom stereocenters. The summed E-state index contributed by atoms with van der Waals surface area (Å²) in [6, 6.07) is 0.0913. The Morgan fingerprint density at radius 3 is 2.67 bits per heavy atom. The number of hydrogen-bond donors (Lipinski definition) is 1. The summed E-state index contributed by atoms with van der Waals surface area (Å²) in [5.74, 6) is 0.121. The molecule has 0 aromatic rings. The lowest BCUT2D eigenvalue weighted by Crippen LogP contribution is -2.51. The number of amides is 1. The molecule has 2 atom stereocenters. The molecule has 0 aromatic heterocycles. The Labute approximate surface area is 110 Å². The highest BCUT2D eigenvalue weighted by atomic mass is 32.2. The minimum atomic E-state index is -2.98. The molecule has 1 amide bonds. The van der Waals surface area contributed by atoms with Crippen molar-refractivity contribution in [3.05, 3.63) is 0 Å². The van der Waals surface area contributed by atoms with Crippen molar-refractivity contribution < 1.29 is 13.2 Å². The maximum Gasteiger partial charge on any atom is 0.222 e. The molecule has 0 aromatic carbocycles. The summed E-state index contributed by atoms with van der Waals surface area (Å²) < 4.78 is 22.0. The van der Waals surface area contributed by atoms with Crippen LogP contribution < -0.4 is 5.73 Å². The standard InChI is InChI=1S/C12H24N2O3S/c1-10(13)11-6-3-4-8-14(11)12(15)7-5-9-18(2,16)17/h10-11H,3-9,13H2,1-2H3. The molecule has 0 bridgehead atoms. The van der Waals surface area contributed by atoms with Crippen LogP contribution in [0.5, 0.6) is 0 Å². The molecule has 1 fully saturated rings. The van der Waals surface area contributed by atoms with Crippen LogP contribution in [0, 0.1) is 0 Å². The first-order valence-electron chi connectivity index (χ1n) is 6.54. The second kappa shape index (κ2) is 6.52. The number of nitrogens with zero attached hydrogens (tertiary/aromatic N) is 1. The third kappa shape index (κ3) is 4.94. The predicted molar refractivity (Wildman–Crippen MR) is 71.9 cm³/mol. The highest BCUT2D eigenvalue weighted by Crippen LogP contribution is 2.20. The second-order valence-corrected chi connectivity index (χ2v) is 7.50. The zero-order valence-electron chi connectivity index (χ0n) is 11.3. The SMILES string of the molecule is CC(N)C1CCCCN1C(=O)CCCS(C)(=O)=O. The van der Waals surface area contributed by atoms with Gasteiger partial charge < -0.3 is 10.6 Å². The Balaban J connectivity index is 2.48. The zero-order valence-corrected chi connectivity index (χ0v) is 12.1. The van der Waals surface area contributed by atoms with Crippen LogP contribution >= 0.6 is 0 Å². The summed E-state index contributed by atoms with van der Waals surface area (Å²) in [6.45, 7) is 2.68. The Hall–Kier alpha value is -0.620. The molecule has 1 rings (SSSR count). The molecule has 2 N–H and O–H groups in total. The number of rotatable bonds is 5. The fraction of sp³-hybridized carbons (Fsp3) is 0.917. The predicted octanol–water partition coefficient (Wildman–Crippen LogP) is 0.540. The van der Waals surface area contributed by atoms with Gasteiger partial charge in [-0.05, 0) is 32.6 Å². The lowest BCUT2D eigenvalue weighted by atomic mass is 9.96. The Morgan fingerprint density at radius 2 is 2.11 bits per heavy atom. The second-order valence-electron chi connectivity index (χ2n) is 5.24. The van der Waals surface area contributed by atoms with E-state index >= 15 is 0 Å². The molecule has 5 nitrogen and oxygen atoms in total. The first-order chi connectivity index (χ1) is 8.31. The summed E-state index contributed by atoms with van der Waals surface area (Å²) >= 11 is 0. The normalized spacial score (nSPS) is 22.8. The van der Waals surface area contributed by atoms with Crippen molar-refractivity contribution in [2.45, 2.75) is 51.1 Å². The first kappa shape index (κ1) is 15.4. The van der Waals surface area contributed by atoms with Gasteiger partial charge in [-0.2, -0.15) is 0 Å². The van der Waals surface area contributed by atoms with Crippen LogP contribution in [0.25, 0.3) is 0 Å². The summed E-state index contributed by atoms with van der Waals surface area (Å²) in [4.78, 5) is 13.9. The van der Waals surface area contributed by atoms with E-state index in [0.29, 0.717) is 12.8 Å². The number of likely N-dealkylation sites (tertiary alicyclic amines) is 1. The van der Waals surface area contributed by atoms with Crippen LogP contribution in [-0.2, 0) is 14.6 Å². The van der Waals surface area contributed by atoms with Gasteiger partial charge in [-0.3, -0.25) is 4.79 Å². The molecule has 0 radical (unpaired) electrons. The lowest BCUT2D eigenvalue weighted by molar-refractivity contribution is -0.135. The fourth-order valence-corrected chi connectivity index (χ4v) is 3.11. The average Bonchev–Trinajstić information content (AvgIpc) is 2.27. The van der Waals surface area contributed by atoms with Gasteiger partial charge in [-0.15, -0.1) is 0 Å². The van der Waals surface area contributed by atoms with Crippen LogP contribution in [-0.4, -0.2) is 49.9 Å². The minimum absolute atomic E-state index is 0.0239. The van der Waals surface area contributed by atoms with Gasteiger partial charge in [0.2, 0.25) is 5.91 Å². The van der Waals surface area contributed by atoms with E-state index < -0.39 is 9.84 Å². The Kier molecular flexibility index (Phi) is 5.59. The van der Waals surface area contributed by atoms with Gasteiger partial charge in [0.1, 0.15) is 9.84 Å². The average molecular weight is 276 g/mol. The minimum Gasteiger partial charge on any atom is -0.338 e. The largest absolute Gasteiger partial charge is 0.338 e. The molecule has 1 heterocycles. The number of carbonyl (C=O) groups excluding carboxylic acids is 1. The van der Waals surface area contributed by atoms with Crippen LogP contribution in [0.3, 0.4) is 0 Å². The topological polar surface area (TPSA) is 80.5 Å². The van der Waals surface area contributed by atoms with E-state index in [0.717, 1.165) is 25.8 Å². The van der Waals surface area contributed by atoms with E-state index in [1.165, 1.54) is 6.26 Å². The van der Waals surface area contributed by atoms with Gasteiger partial charge in [0.15, 0.2) is 0 Å². The van der Waals surface area contributed by atoms with Gasteiger partial charge in [0.05, 0.1) is 5.75 Å². The van der Waals surface area contributed by atoms with Crippen LogP contribution in [0.4, 0.5) is 0 Å². The highest BCUT2D eigenvalue weighted by molar-refractivity contribution is 7.90. The molecule has 106 valence electrons. The van der Waals surface area contributed by atoms with Gasteiger partial charge in [0.25, 0.3) is 0 Å². The van der Waals surface area contributed by atoms with E-state index in [1.807, 2.05) is 11.8 Å². The smallest absolute Gasteiger partial charge is 0.222 e. The first-order valence-corrected chi connectivity index (χ1v) is 8.60. The summed E-state index contributed by atoms with van der Waals surface area (Å²) in [6.07, 6.45) is 4.98. The highest BCUT2D eigenvalue weighted by Gasteiger charge is 2.28. The van der Waals surface area contributed by atoms with E-state index in [-0.39, 0.29) is 23.7 Å². The van der Waals surface area contributed by atoms with Crippen molar-refractivity contribution in [1.82, 2.24) is 4.90 Å². The van der Waals surface area contributed by atoms with Crippen LogP contribution in [0.2, 0.25) is 0 Å². The molecule has 18 heavy (non-hydrogen) atoms. The molecule has 0 aliphatic carbocycles. The van der Waals surface area contributed by atoms with Gasteiger partial charge in [-0.1, -0.05) is 0 Å². The number of piperidine rings is 1. The monoisotopic (exact) mass is 276 g/mol. The summed E-state index contributed by atoms with van der Waals surface area (Å²) in [5.41, 5.74) is 5.90. The molecule has 1 aliphatic heterocycles. The van der Waals surface area contributed by atoms with Crippen molar-refractivity contribution in [3.63, 3.8) is 0 Å². The van der Waals surface area contributed by atoms with E-state index in [1.54, 1.807) is 0 Å². The van der Waals surface area contributed by atoms with Crippen molar-refractivity contribution in [2.75, 3.05) is 18.6 Å². The third-order valence-corrected chi connectivity index (χ3v) is 4.41. The maximum absolute atomic E-state index is 12.1. The molecular weight excluding hydrogens is 252 g/mol. The van der Waals surface area contributed by atoms with Crippen molar-refractivity contribution in [2.24, 2.45) is 5.73 Å².